The first-order valence-corrected chi connectivity index (χ1v) is 5.93. The molecule has 0 radical (unpaired) electrons. The second-order valence-corrected chi connectivity index (χ2v) is 4.75. The Balaban J connectivity index is 2.72. The van der Waals surface area contributed by atoms with Gasteiger partial charge >= 0.3 is 5.97 Å². The van der Waals surface area contributed by atoms with Crippen molar-refractivity contribution < 1.29 is 14.7 Å². The third-order valence-electron chi connectivity index (χ3n) is 2.30. The number of carboxylic acid groups (broad SMARTS) is 1. The fourth-order valence-electron chi connectivity index (χ4n) is 1.44. The first-order valence-electron chi connectivity index (χ1n) is 5.55. The summed E-state index contributed by atoms with van der Waals surface area (Å²) >= 11 is 5.60. The van der Waals surface area contributed by atoms with E-state index in [9.17, 15) is 9.59 Å². The van der Waals surface area contributed by atoms with Gasteiger partial charge < -0.3 is 10.4 Å². The van der Waals surface area contributed by atoms with Gasteiger partial charge in [0, 0.05) is 6.20 Å². The van der Waals surface area contributed by atoms with Crippen LogP contribution in [0.3, 0.4) is 0 Å². The first kappa shape index (κ1) is 14.4. The van der Waals surface area contributed by atoms with Crippen LogP contribution in [0.2, 0.25) is 5.15 Å². The van der Waals surface area contributed by atoms with E-state index in [1.54, 1.807) is 0 Å². The summed E-state index contributed by atoms with van der Waals surface area (Å²) in [6.07, 6.45) is 1.69. The van der Waals surface area contributed by atoms with E-state index >= 15 is 0 Å². The molecule has 0 bridgehead atoms. The SMILES string of the molecule is CC(C)C[C@@H](NC(=O)c1ccc(Cl)nc1)C(=O)O. The van der Waals surface area contributed by atoms with Crippen LogP contribution >= 0.6 is 11.6 Å². The van der Waals surface area contributed by atoms with Crippen LogP contribution in [-0.2, 0) is 4.79 Å². The molecule has 0 aliphatic heterocycles. The van der Waals surface area contributed by atoms with Crippen molar-refractivity contribution in [1.29, 1.82) is 0 Å². The molecule has 2 N–H and O–H groups in total. The van der Waals surface area contributed by atoms with E-state index in [0.717, 1.165) is 0 Å². The molecular weight excluding hydrogens is 256 g/mol. The van der Waals surface area contributed by atoms with Crippen molar-refractivity contribution in [3.63, 3.8) is 0 Å². The maximum absolute atomic E-state index is 11.8. The zero-order chi connectivity index (χ0) is 13.7. The molecule has 1 atom stereocenters. The Morgan fingerprint density at radius 1 is 1.44 bits per heavy atom. The third-order valence-corrected chi connectivity index (χ3v) is 2.52. The second kappa shape index (κ2) is 6.35. The predicted molar refractivity (Wildman–Crippen MR) is 67.6 cm³/mol. The summed E-state index contributed by atoms with van der Waals surface area (Å²) in [5.41, 5.74) is 0.286. The van der Waals surface area contributed by atoms with Gasteiger partial charge in [-0.2, -0.15) is 0 Å². The zero-order valence-corrected chi connectivity index (χ0v) is 10.9. The standard InChI is InChI=1S/C12H15ClN2O3/c1-7(2)5-9(12(17)18)15-11(16)8-3-4-10(13)14-6-8/h3-4,6-7,9H,5H2,1-2H3,(H,15,16)(H,17,18)/t9-/m1/s1. The minimum atomic E-state index is -1.04. The van der Waals surface area contributed by atoms with Crippen molar-refractivity contribution in [2.24, 2.45) is 5.92 Å². The normalized spacial score (nSPS) is 12.2. The Bertz CT molecular complexity index is 431. The molecule has 1 amide bonds. The number of halogens is 1. The van der Waals surface area contributed by atoms with Crippen LogP contribution in [0.15, 0.2) is 18.3 Å². The van der Waals surface area contributed by atoms with E-state index in [4.69, 9.17) is 16.7 Å². The highest BCUT2D eigenvalue weighted by Crippen LogP contribution is 2.08. The number of aromatic nitrogens is 1. The number of carbonyl (C=O) groups excluding carboxylic acids is 1. The van der Waals surface area contributed by atoms with Gasteiger partial charge in [0.2, 0.25) is 0 Å². The quantitative estimate of drug-likeness (QED) is 0.802. The summed E-state index contributed by atoms with van der Waals surface area (Å²) in [6, 6.07) is 2.08. The fourth-order valence-corrected chi connectivity index (χ4v) is 1.56. The van der Waals surface area contributed by atoms with E-state index in [1.165, 1.54) is 18.3 Å². The van der Waals surface area contributed by atoms with Crippen molar-refractivity contribution >= 4 is 23.5 Å². The van der Waals surface area contributed by atoms with Gasteiger partial charge in [-0.15, -0.1) is 0 Å². The van der Waals surface area contributed by atoms with Crippen LogP contribution in [0.4, 0.5) is 0 Å². The smallest absolute Gasteiger partial charge is 0.326 e. The molecule has 0 fully saturated rings. The molecule has 6 heteroatoms. The number of amides is 1. The highest BCUT2D eigenvalue weighted by Gasteiger charge is 2.21. The van der Waals surface area contributed by atoms with Gasteiger partial charge in [0.05, 0.1) is 5.56 Å². The summed E-state index contributed by atoms with van der Waals surface area (Å²) in [7, 11) is 0. The van der Waals surface area contributed by atoms with Crippen LogP contribution in [-0.4, -0.2) is 28.0 Å². The molecular formula is C12H15ClN2O3. The van der Waals surface area contributed by atoms with Crippen molar-refractivity contribution in [2.75, 3.05) is 0 Å². The maximum Gasteiger partial charge on any atom is 0.326 e. The number of carboxylic acids is 1. The number of nitrogens with zero attached hydrogens (tertiary/aromatic N) is 1. The Morgan fingerprint density at radius 2 is 2.11 bits per heavy atom. The molecule has 1 heterocycles. The van der Waals surface area contributed by atoms with Gasteiger partial charge in [-0.25, -0.2) is 9.78 Å². The van der Waals surface area contributed by atoms with Crippen LogP contribution in [0.5, 0.6) is 0 Å². The monoisotopic (exact) mass is 270 g/mol. The van der Waals surface area contributed by atoms with Crippen LogP contribution in [0.1, 0.15) is 30.6 Å². The molecule has 98 valence electrons. The average molecular weight is 271 g/mol. The number of hydrogen-bond acceptors (Lipinski definition) is 3. The Kier molecular flexibility index (Phi) is 5.09. The largest absolute Gasteiger partial charge is 0.480 e. The van der Waals surface area contributed by atoms with Gasteiger partial charge in [-0.05, 0) is 24.5 Å². The zero-order valence-electron chi connectivity index (χ0n) is 10.2. The molecule has 0 aliphatic carbocycles. The summed E-state index contributed by atoms with van der Waals surface area (Å²) in [4.78, 5) is 26.6. The number of carbonyl (C=O) groups is 2. The highest BCUT2D eigenvalue weighted by molar-refractivity contribution is 6.29. The molecule has 0 aromatic carbocycles. The second-order valence-electron chi connectivity index (χ2n) is 4.36. The minimum absolute atomic E-state index is 0.176. The molecule has 0 saturated heterocycles. The number of rotatable bonds is 5. The molecule has 18 heavy (non-hydrogen) atoms. The number of nitrogens with one attached hydrogen (secondary N) is 1. The Labute approximate surface area is 110 Å². The lowest BCUT2D eigenvalue weighted by molar-refractivity contribution is -0.139. The van der Waals surface area contributed by atoms with E-state index < -0.39 is 17.9 Å². The van der Waals surface area contributed by atoms with Crippen LogP contribution in [0, 0.1) is 5.92 Å². The van der Waals surface area contributed by atoms with Crippen molar-refractivity contribution in [3.8, 4) is 0 Å². The number of aliphatic carboxylic acids is 1. The summed E-state index contributed by atoms with van der Waals surface area (Å²) < 4.78 is 0. The molecule has 5 nitrogen and oxygen atoms in total. The summed E-state index contributed by atoms with van der Waals surface area (Å²) in [5.74, 6) is -1.33. The lowest BCUT2D eigenvalue weighted by Gasteiger charge is -2.16. The van der Waals surface area contributed by atoms with Gasteiger partial charge in [-0.3, -0.25) is 4.79 Å². The lowest BCUT2D eigenvalue weighted by atomic mass is 10.0. The molecule has 0 spiro atoms. The summed E-state index contributed by atoms with van der Waals surface area (Å²) in [5, 5.41) is 11.8. The van der Waals surface area contributed by atoms with Crippen molar-refractivity contribution in [3.05, 3.63) is 29.0 Å². The first-order chi connectivity index (χ1) is 8.40. The Hall–Kier alpha value is -1.62. The van der Waals surface area contributed by atoms with Gasteiger partial charge in [-0.1, -0.05) is 25.4 Å². The summed E-state index contributed by atoms with van der Waals surface area (Å²) in [6.45, 7) is 3.79. The van der Waals surface area contributed by atoms with E-state index in [-0.39, 0.29) is 16.6 Å². The van der Waals surface area contributed by atoms with E-state index in [0.29, 0.717) is 6.42 Å². The highest BCUT2D eigenvalue weighted by atomic mass is 35.5. The number of pyridine rings is 1. The lowest BCUT2D eigenvalue weighted by Crippen LogP contribution is -2.41. The van der Waals surface area contributed by atoms with Gasteiger partial charge in [0.15, 0.2) is 0 Å². The maximum atomic E-state index is 11.8. The molecule has 0 aliphatic rings. The topological polar surface area (TPSA) is 79.3 Å². The van der Waals surface area contributed by atoms with Crippen molar-refractivity contribution in [1.82, 2.24) is 10.3 Å². The van der Waals surface area contributed by atoms with Gasteiger partial charge in [0.25, 0.3) is 5.91 Å². The molecule has 0 unspecified atom stereocenters. The molecule has 1 rings (SSSR count). The van der Waals surface area contributed by atoms with Crippen LogP contribution < -0.4 is 5.32 Å². The molecule has 1 aromatic heterocycles. The van der Waals surface area contributed by atoms with E-state index in [1.807, 2.05) is 13.8 Å². The minimum Gasteiger partial charge on any atom is -0.480 e. The van der Waals surface area contributed by atoms with Crippen molar-refractivity contribution in [2.45, 2.75) is 26.3 Å². The number of hydrogen-bond donors (Lipinski definition) is 2. The third kappa shape index (κ3) is 4.33. The Morgan fingerprint density at radius 3 is 2.56 bits per heavy atom. The van der Waals surface area contributed by atoms with Gasteiger partial charge in [0.1, 0.15) is 11.2 Å². The predicted octanol–water partition coefficient (Wildman–Crippen LogP) is 1.96. The molecule has 1 aromatic rings. The van der Waals surface area contributed by atoms with E-state index in [2.05, 4.69) is 10.3 Å². The average Bonchev–Trinajstić information content (AvgIpc) is 2.28. The van der Waals surface area contributed by atoms with Crippen LogP contribution in [0.25, 0.3) is 0 Å². The molecule has 0 saturated carbocycles. The fraction of sp³-hybridized carbons (Fsp3) is 0.417.